The topological polar surface area (TPSA) is 88.0 Å². The summed E-state index contributed by atoms with van der Waals surface area (Å²) in [7, 11) is 0. The number of hydrogen-bond donors (Lipinski definition) is 2. The molecule has 0 aliphatic heterocycles. The van der Waals surface area contributed by atoms with E-state index in [1.165, 1.54) is 0 Å². The maximum atomic E-state index is 10.7. The zero-order valence-corrected chi connectivity index (χ0v) is 12.0. The molecular formula is C15H16ClN3O2. The first kappa shape index (κ1) is 16.8. The van der Waals surface area contributed by atoms with Crippen LogP contribution in [0.25, 0.3) is 0 Å². The van der Waals surface area contributed by atoms with Gasteiger partial charge in [-0.05, 0) is 36.2 Å². The highest BCUT2D eigenvalue weighted by Crippen LogP contribution is 2.18. The van der Waals surface area contributed by atoms with Crippen LogP contribution in [-0.4, -0.2) is 17.1 Å². The Hall–Kier alpha value is -2.24. The molecule has 0 unspecified atom stereocenters. The number of aliphatic carboxylic acids is 1. The first-order valence-corrected chi connectivity index (χ1v) is 6.19. The van der Waals surface area contributed by atoms with Crippen LogP contribution < -0.4 is 5.73 Å². The summed E-state index contributed by atoms with van der Waals surface area (Å²) < 4.78 is 0. The maximum Gasteiger partial charge on any atom is 0.320 e. The maximum absolute atomic E-state index is 10.7. The number of nitrogens with zero attached hydrogens (tertiary/aromatic N) is 2. The number of benzene rings is 2. The highest BCUT2D eigenvalue weighted by atomic mass is 35.5. The van der Waals surface area contributed by atoms with Crippen molar-refractivity contribution in [1.82, 2.24) is 0 Å². The molecule has 2 rings (SSSR count). The van der Waals surface area contributed by atoms with Gasteiger partial charge in [0.15, 0.2) is 0 Å². The molecule has 0 aliphatic carbocycles. The van der Waals surface area contributed by atoms with E-state index < -0.39 is 12.0 Å². The lowest BCUT2D eigenvalue weighted by Crippen LogP contribution is -2.32. The Kier molecular flexibility index (Phi) is 6.52. The number of rotatable bonds is 5. The molecule has 110 valence electrons. The van der Waals surface area contributed by atoms with Gasteiger partial charge in [-0.2, -0.15) is 10.2 Å². The highest BCUT2D eigenvalue weighted by Gasteiger charge is 2.11. The Bertz CT molecular complexity index is 600. The summed E-state index contributed by atoms with van der Waals surface area (Å²) in [5.74, 6) is -1.00. The molecule has 0 saturated heterocycles. The van der Waals surface area contributed by atoms with Crippen molar-refractivity contribution in [2.75, 3.05) is 0 Å². The first-order valence-electron chi connectivity index (χ1n) is 6.19. The molecule has 0 amide bonds. The quantitative estimate of drug-likeness (QED) is 0.829. The van der Waals surface area contributed by atoms with Crippen LogP contribution >= 0.6 is 12.4 Å². The van der Waals surface area contributed by atoms with Crippen LogP contribution in [0.1, 0.15) is 5.56 Å². The molecule has 3 N–H and O–H groups in total. The van der Waals surface area contributed by atoms with Gasteiger partial charge in [-0.3, -0.25) is 4.79 Å². The van der Waals surface area contributed by atoms with Crippen molar-refractivity contribution in [2.24, 2.45) is 16.0 Å². The average molecular weight is 306 g/mol. The van der Waals surface area contributed by atoms with E-state index >= 15 is 0 Å². The largest absolute Gasteiger partial charge is 0.480 e. The molecule has 0 radical (unpaired) electrons. The molecule has 0 heterocycles. The van der Waals surface area contributed by atoms with Gasteiger partial charge < -0.3 is 10.8 Å². The molecule has 0 bridgehead atoms. The number of carboxylic acid groups (broad SMARTS) is 1. The lowest BCUT2D eigenvalue weighted by atomic mass is 10.1. The van der Waals surface area contributed by atoms with Gasteiger partial charge in [0, 0.05) is 0 Å². The molecular weight excluding hydrogens is 290 g/mol. The van der Waals surface area contributed by atoms with Crippen molar-refractivity contribution in [3.63, 3.8) is 0 Å². The van der Waals surface area contributed by atoms with Crippen LogP contribution in [0.2, 0.25) is 0 Å². The smallest absolute Gasteiger partial charge is 0.320 e. The number of carbonyl (C=O) groups is 1. The monoisotopic (exact) mass is 305 g/mol. The zero-order valence-electron chi connectivity index (χ0n) is 11.2. The van der Waals surface area contributed by atoms with Crippen LogP contribution in [-0.2, 0) is 11.2 Å². The van der Waals surface area contributed by atoms with Crippen LogP contribution in [0.4, 0.5) is 11.4 Å². The van der Waals surface area contributed by atoms with Gasteiger partial charge in [0.2, 0.25) is 0 Å². The van der Waals surface area contributed by atoms with E-state index in [1.807, 2.05) is 42.5 Å². The molecule has 2 aromatic rings. The van der Waals surface area contributed by atoms with Gasteiger partial charge in [-0.25, -0.2) is 0 Å². The number of halogens is 1. The van der Waals surface area contributed by atoms with Crippen LogP contribution in [0.15, 0.2) is 64.8 Å². The summed E-state index contributed by atoms with van der Waals surface area (Å²) in [4.78, 5) is 10.7. The lowest BCUT2D eigenvalue weighted by molar-refractivity contribution is -0.138. The van der Waals surface area contributed by atoms with Crippen molar-refractivity contribution in [3.8, 4) is 0 Å². The molecule has 2 aromatic carbocycles. The van der Waals surface area contributed by atoms with E-state index in [9.17, 15) is 4.79 Å². The van der Waals surface area contributed by atoms with Crippen molar-refractivity contribution >= 4 is 29.8 Å². The van der Waals surface area contributed by atoms with Crippen LogP contribution in [0.5, 0.6) is 0 Å². The van der Waals surface area contributed by atoms with E-state index in [4.69, 9.17) is 10.8 Å². The second kappa shape index (κ2) is 8.14. The van der Waals surface area contributed by atoms with E-state index in [0.29, 0.717) is 12.1 Å². The first-order chi connectivity index (χ1) is 9.65. The Balaban J connectivity index is 0.00000220. The predicted molar refractivity (Wildman–Crippen MR) is 83.6 cm³/mol. The summed E-state index contributed by atoms with van der Waals surface area (Å²) in [6, 6.07) is 15.7. The van der Waals surface area contributed by atoms with Gasteiger partial charge >= 0.3 is 5.97 Å². The van der Waals surface area contributed by atoms with Gasteiger partial charge in [-0.15, -0.1) is 12.4 Å². The molecule has 0 spiro atoms. The second-order valence-electron chi connectivity index (χ2n) is 4.35. The number of carboxylic acids is 1. The fourth-order valence-corrected chi connectivity index (χ4v) is 1.65. The zero-order chi connectivity index (χ0) is 14.4. The van der Waals surface area contributed by atoms with E-state index in [0.717, 1.165) is 11.3 Å². The third kappa shape index (κ3) is 5.33. The van der Waals surface area contributed by atoms with Crippen molar-refractivity contribution in [3.05, 3.63) is 60.2 Å². The van der Waals surface area contributed by atoms with Crippen molar-refractivity contribution in [2.45, 2.75) is 12.5 Å². The number of nitrogens with two attached hydrogens (primary N) is 1. The minimum atomic E-state index is -1.00. The van der Waals surface area contributed by atoms with E-state index in [2.05, 4.69) is 10.2 Å². The summed E-state index contributed by atoms with van der Waals surface area (Å²) in [6.07, 6.45) is 0.297. The molecule has 0 aromatic heterocycles. The third-order valence-corrected chi connectivity index (χ3v) is 2.75. The third-order valence-electron chi connectivity index (χ3n) is 2.75. The highest BCUT2D eigenvalue weighted by molar-refractivity contribution is 5.85. The molecule has 21 heavy (non-hydrogen) atoms. The lowest BCUT2D eigenvalue weighted by Gasteiger charge is -2.05. The van der Waals surface area contributed by atoms with Crippen molar-refractivity contribution in [1.29, 1.82) is 0 Å². The standard InChI is InChI=1S/C15H15N3O2.ClH/c16-14(15(19)20)10-11-6-8-13(9-7-11)18-17-12-4-2-1-3-5-12;/h1-9,14H,10,16H2,(H,19,20);1H/t14-;/m0./s1. The summed E-state index contributed by atoms with van der Waals surface area (Å²) in [6.45, 7) is 0. The van der Waals surface area contributed by atoms with Gasteiger partial charge in [0.05, 0.1) is 11.4 Å². The summed E-state index contributed by atoms with van der Waals surface area (Å²) in [5, 5.41) is 17.0. The number of azo groups is 1. The average Bonchev–Trinajstić information content (AvgIpc) is 2.47. The van der Waals surface area contributed by atoms with Crippen molar-refractivity contribution < 1.29 is 9.90 Å². The molecule has 5 nitrogen and oxygen atoms in total. The molecule has 1 atom stereocenters. The SMILES string of the molecule is Cl.N[C@@H](Cc1ccc(N=Nc2ccccc2)cc1)C(=O)O. The fourth-order valence-electron chi connectivity index (χ4n) is 1.65. The van der Waals surface area contributed by atoms with Gasteiger partial charge in [0.25, 0.3) is 0 Å². The van der Waals surface area contributed by atoms with Gasteiger partial charge in [0.1, 0.15) is 6.04 Å². The Morgan fingerprint density at radius 2 is 1.52 bits per heavy atom. The van der Waals surface area contributed by atoms with Crippen LogP contribution in [0.3, 0.4) is 0 Å². The van der Waals surface area contributed by atoms with E-state index in [-0.39, 0.29) is 12.4 Å². The van der Waals surface area contributed by atoms with E-state index in [1.54, 1.807) is 12.1 Å². The Morgan fingerprint density at radius 1 is 1.00 bits per heavy atom. The molecule has 0 saturated carbocycles. The minimum absolute atomic E-state index is 0. The Morgan fingerprint density at radius 3 is 2.05 bits per heavy atom. The second-order valence-corrected chi connectivity index (χ2v) is 4.35. The summed E-state index contributed by atoms with van der Waals surface area (Å²) >= 11 is 0. The predicted octanol–water partition coefficient (Wildman–Crippen LogP) is 3.48. The molecule has 6 heteroatoms. The molecule has 0 aliphatic rings. The number of hydrogen-bond acceptors (Lipinski definition) is 4. The minimum Gasteiger partial charge on any atom is -0.480 e. The van der Waals surface area contributed by atoms with Crippen LogP contribution in [0, 0.1) is 0 Å². The van der Waals surface area contributed by atoms with Gasteiger partial charge in [-0.1, -0.05) is 30.3 Å². The molecule has 0 fully saturated rings. The normalized spacial score (nSPS) is 11.9. The summed E-state index contributed by atoms with van der Waals surface area (Å²) in [5.41, 5.74) is 7.83. The fraction of sp³-hybridized carbons (Fsp3) is 0.133. The Labute approximate surface area is 128 Å².